The van der Waals surface area contributed by atoms with Gasteiger partial charge in [-0.15, -0.1) is 0 Å². The smallest absolute Gasteiger partial charge is 0.275 e. The van der Waals surface area contributed by atoms with Gasteiger partial charge in [-0.3, -0.25) is 9.78 Å². The number of amides is 1. The lowest BCUT2D eigenvalue weighted by molar-refractivity contribution is 0.0952. The van der Waals surface area contributed by atoms with E-state index in [0.29, 0.717) is 17.0 Å². The number of carbonyl (C=O) groups is 1. The molecule has 0 aliphatic heterocycles. The minimum atomic E-state index is -0.334. The number of nitrogens with zero attached hydrogens (tertiary/aromatic N) is 2. The summed E-state index contributed by atoms with van der Waals surface area (Å²) >= 11 is 0. The minimum Gasteiger partial charge on any atom is -0.496 e. The number of nitrogens with one attached hydrogen (secondary N) is 1. The number of ether oxygens (including phenoxy) is 1. The van der Waals surface area contributed by atoms with Gasteiger partial charge in [-0.2, -0.15) is 5.10 Å². The van der Waals surface area contributed by atoms with E-state index in [2.05, 4.69) is 15.5 Å². The van der Waals surface area contributed by atoms with Crippen molar-refractivity contribution in [3.8, 4) is 5.75 Å². The predicted molar refractivity (Wildman–Crippen MR) is 89.8 cm³/mol. The topological polar surface area (TPSA) is 63.6 Å². The van der Waals surface area contributed by atoms with E-state index >= 15 is 0 Å². The molecule has 5 heteroatoms. The molecule has 0 fully saturated rings. The van der Waals surface area contributed by atoms with Crippen LogP contribution in [-0.2, 0) is 0 Å². The molecule has 1 aromatic heterocycles. The molecule has 5 nitrogen and oxygen atoms in total. The maximum atomic E-state index is 12.3. The monoisotopic (exact) mass is 305 g/mol. The van der Waals surface area contributed by atoms with E-state index in [1.54, 1.807) is 18.3 Å². The summed E-state index contributed by atoms with van der Waals surface area (Å²) in [5.41, 5.74) is 3.60. The Morgan fingerprint density at radius 2 is 1.87 bits per heavy atom. The van der Waals surface area contributed by atoms with Gasteiger partial charge in [-0.05, 0) is 35.0 Å². The lowest BCUT2D eigenvalue weighted by Gasteiger charge is -2.09. The Hall–Kier alpha value is -3.21. The zero-order valence-electron chi connectivity index (χ0n) is 12.6. The number of aromatic nitrogens is 1. The number of fused-ring (bicyclic) bond motifs is 1. The normalized spacial score (nSPS) is 10.8. The summed E-state index contributed by atoms with van der Waals surface area (Å²) in [4.78, 5) is 16.4. The van der Waals surface area contributed by atoms with Crippen LogP contribution in [-0.4, -0.2) is 24.2 Å². The van der Waals surface area contributed by atoms with Gasteiger partial charge in [0.2, 0.25) is 0 Å². The van der Waals surface area contributed by atoms with Crippen LogP contribution in [0.4, 0.5) is 0 Å². The number of benzene rings is 2. The molecule has 2 aromatic carbocycles. The van der Waals surface area contributed by atoms with Gasteiger partial charge in [0, 0.05) is 6.20 Å². The number of methoxy groups -OCH3 is 1. The molecular formula is C18H15N3O2. The van der Waals surface area contributed by atoms with E-state index in [-0.39, 0.29) is 5.91 Å². The fraction of sp³-hybridized carbons (Fsp3) is 0.0556. The van der Waals surface area contributed by atoms with Crippen molar-refractivity contribution in [1.82, 2.24) is 10.4 Å². The first-order valence-electron chi connectivity index (χ1n) is 7.09. The molecule has 0 saturated carbocycles. The molecule has 0 aliphatic carbocycles. The van der Waals surface area contributed by atoms with Crippen LogP contribution in [0, 0.1) is 0 Å². The quantitative estimate of drug-likeness (QED) is 0.595. The van der Waals surface area contributed by atoms with Crippen molar-refractivity contribution in [2.24, 2.45) is 5.10 Å². The molecule has 1 heterocycles. The molecule has 0 saturated heterocycles. The number of hydrogen-bond acceptors (Lipinski definition) is 4. The highest BCUT2D eigenvalue weighted by Crippen LogP contribution is 2.25. The Morgan fingerprint density at radius 3 is 2.57 bits per heavy atom. The van der Waals surface area contributed by atoms with E-state index in [0.717, 1.165) is 10.8 Å². The third-order valence-corrected chi connectivity index (χ3v) is 3.36. The summed E-state index contributed by atoms with van der Waals surface area (Å²) in [6.45, 7) is 0. The van der Waals surface area contributed by atoms with Gasteiger partial charge in [0.25, 0.3) is 5.91 Å². The third kappa shape index (κ3) is 3.35. The summed E-state index contributed by atoms with van der Waals surface area (Å²) in [5, 5.41) is 5.91. The van der Waals surface area contributed by atoms with Crippen LogP contribution in [0.5, 0.6) is 5.75 Å². The molecular weight excluding hydrogens is 290 g/mol. The average molecular weight is 305 g/mol. The van der Waals surface area contributed by atoms with Crippen LogP contribution in [0.2, 0.25) is 0 Å². The van der Waals surface area contributed by atoms with Crippen LogP contribution in [0.15, 0.2) is 65.9 Å². The molecule has 1 amide bonds. The second-order valence-electron chi connectivity index (χ2n) is 4.85. The summed E-state index contributed by atoms with van der Waals surface area (Å²) < 4.78 is 5.31. The van der Waals surface area contributed by atoms with Crippen LogP contribution in [0.25, 0.3) is 10.8 Å². The second-order valence-corrected chi connectivity index (χ2v) is 4.85. The number of hydrogen-bond donors (Lipinski definition) is 1. The largest absolute Gasteiger partial charge is 0.496 e. The lowest BCUT2D eigenvalue weighted by Crippen LogP contribution is -2.18. The maximum absolute atomic E-state index is 12.3. The van der Waals surface area contributed by atoms with Gasteiger partial charge < -0.3 is 4.74 Å². The molecule has 0 unspecified atom stereocenters. The lowest BCUT2D eigenvalue weighted by atomic mass is 10.1. The van der Waals surface area contributed by atoms with Crippen LogP contribution >= 0.6 is 0 Å². The van der Waals surface area contributed by atoms with Crippen molar-refractivity contribution in [2.75, 3.05) is 7.11 Å². The minimum absolute atomic E-state index is 0.334. The van der Waals surface area contributed by atoms with Crippen molar-refractivity contribution in [3.05, 3.63) is 72.1 Å². The Bertz CT molecular complexity index is 861. The highest BCUT2D eigenvalue weighted by Gasteiger charge is 2.13. The first-order chi connectivity index (χ1) is 11.3. The molecule has 1 N–H and O–H groups in total. The summed E-state index contributed by atoms with van der Waals surface area (Å²) in [7, 11) is 1.54. The van der Waals surface area contributed by atoms with Crippen LogP contribution in [0.3, 0.4) is 0 Å². The Morgan fingerprint density at radius 1 is 1.13 bits per heavy atom. The van der Waals surface area contributed by atoms with Gasteiger partial charge in [0.1, 0.15) is 5.75 Å². The summed E-state index contributed by atoms with van der Waals surface area (Å²) in [6, 6.07) is 16.9. The van der Waals surface area contributed by atoms with Crippen molar-refractivity contribution in [2.45, 2.75) is 0 Å². The molecule has 3 aromatic rings. The van der Waals surface area contributed by atoms with Crippen molar-refractivity contribution < 1.29 is 9.53 Å². The van der Waals surface area contributed by atoms with Gasteiger partial charge in [0.05, 0.1) is 24.6 Å². The van der Waals surface area contributed by atoms with Crippen molar-refractivity contribution >= 4 is 22.9 Å². The molecule has 23 heavy (non-hydrogen) atoms. The number of hydrazone groups is 1. The molecule has 0 aliphatic rings. The summed E-state index contributed by atoms with van der Waals surface area (Å²) in [6.07, 6.45) is 3.15. The molecule has 3 rings (SSSR count). The Kier molecular flexibility index (Phi) is 4.29. The zero-order valence-corrected chi connectivity index (χ0v) is 12.6. The van der Waals surface area contributed by atoms with Gasteiger partial charge >= 0.3 is 0 Å². The number of carbonyl (C=O) groups excluding carboxylic acids is 1. The zero-order chi connectivity index (χ0) is 16.1. The molecule has 0 spiro atoms. The highest BCUT2D eigenvalue weighted by atomic mass is 16.5. The highest BCUT2D eigenvalue weighted by molar-refractivity contribution is 6.01. The fourth-order valence-electron chi connectivity index (χ4n) is 2.24. The average Bonchev–Trinajstić information content (AvgIpc) is 2.61. The van der Waals surface area contributed by atoms with E-state index in [9.17, 15) is 4.79 Å². The third-order valence-electron chi connectivity index (χ3n) is 3.36. The second kappa shape index (κ2) is 6.70. The maximum Gasteiger partial charge on any atom is 0.275 e. The fourth-order valence-corrected chi connectivity index (χ4v) is 2.24. The molecule has 0 atom stereocenters. The first kappa shape index (κ1) is 14.7. The predicted octanol–water partition coefficient (Wildman–Crippen LogP) is 3.01. The van der Waals surface area contributed by atoms with E-state index < -0.39 is 0 Å². The Balaban J connectivity index is 1.84. The number of pyridine rings is 1. The first-order valence-corrected chi connectivity index (χ1v) is 7.09. The Labute approximate surface area is 133 Å². The number of rotatable bonds is 4. The van der Waals surface area contributed by atoms with Crippen LogP contribution in [0.1, 0.15) is 16.1 Å². The van der Waals surface area contributed by atoms with Gasteiger partial charge in [-0.25, -0.2) is 5.43 Å². The standard InChI is InChI=1S/C18H15N3O2/c1-23-17-11-14-7-3-2-6-13(14)10-16(17)18(22)21-20-12-15-8-4-5-9-19-15/h2-12H,1H3,(H,21,22). The van der Waals surface area contributed by atoms with Crippen molar-refractivity contribution in [1.29, 1.82) is 0 Å². The van der Waals surface area contributed by atoms with E-state index in [1.807, 2.05) is 42.5 Å². The van der Waals surface area contributed by atoms with Gasteiger partial charge in [-0.1, -0.05) is 30.3 Å². The van der Waals surface area contributed by atoms with Crippen molar-refractivity contribution in [3.63, 3.8) is 0 Å². The molecule has 114 valence electrons. The summed E-state index contributed by atoms with van der Waals surface area (Å²) in [5.74, 6) is 0.175. The van der Waals surface area contributed by atoms with E-state index in [4.69, 9.17) is 4.74 Å². The molecule has 0 radical (unpaired) electrons. The van der Waals surface area contributed by atoms with Gasteiger partial charge in [0.15, 0.2) is 0 Å². The van der Waals surface area contributed by atoms with Crippen LogP contribution < -0.4 is 10.2 Å². The molecule has 0 bridgehead atoms. The van der Waals surface area contributed by atoms with E-state index in [1.165, 1.54) is 13.3 Å². The SMILES string of the molecule is COc1cc2ccccc2cc1C(=O)NN=Cc1ccccn1.